The number of thioether (sulfide) groups is 1. The molecule has 246 valence electrons. The molecule has 1 aliphatic heterocycles. The molecule has 1 aromatic heterocycles. The maximum Gasteiger partial charge on any atom is 0.407 e. The normalized spacial score (nSPS) is 14.4. The zero-order valence-corrected chi connectivity index (χ0v) is 28.2. The Bertz CT molecular complexity index is 1410. The summed E-state index contributed by atoms with van der Waals surface area (Å²) >= 11 is 3.08. The van der Waals surface area contributed by atoms with Gasteiger partial charge >= 0.3 is 12.1 Å². The van der Waals surface area contributed by atoms with Gasteiger partial charge in [0.2, 0.25) is 5.91 Å². The van der Waals surface area contributed by atoms with Gasteiger partial charge in [0.25, 0.3) is 0 Å². The maximum absolute atomic E-state index is 13.7. The molecule has 0 aliphatic carbocycles. The minimum absolute atomic E-state index is 0.139. The Labute approximate surface area is 279 Å². The monoisotopic (exact) mass is 664 g/mol. The quantitative estimate of drug-likeness (QED) is 0.164. The van der Waals surface area contributed by atoms with Crippen LogP contribution in [0.2, 0.25) is 0 Å². The van der Waals surface area contributed by atoms with Crippen molar-refractivity contribution in [3.63, 3.8) is 0 Å². The van der Waals surface area contributed by atoms with E-state index in [1.807, 2.05) is 86.1 Å². The number of thiazole rings is 1. The lowest BCUT2D eigenvalue weighted by Crippen LogP contribution is -2.54. The molecule has 2 heterocycles. The first kappa shape index (κ1) is 34.8. The van der Waals surface area contributed by atoms with Gasteiger partial charge in [0.15, 0.2) is 0 Å². The predicted octanol–water partition coefficient (Wildman–Crippen LogP) is 5.29. The number of nitrogens with one attached hydrogen (secondary N) is 4. The van der Waals surface area contributed by atoms with Gasteiger partial charge in [-0.2, -0.15) is 0 Å². The number of nitrogens with zero attached hydrogens (tertiary/aromatic N) is 2. The van der Waals surface area contributed by atoms with E-state index in [4.69, 9.17) is 4.74 Å². The third kappa shape index (κ3) is 11.7. The minimum atomic E-state index is -0.728. The Balaban J connectivity index is 1.42. The predicted molar refractivity (Wildman–Crippen MR) is 184 cm³/mol. The summed E-state index contributed by atoms with van der Waals surface area (Å²) in [5, 5.41) is 14.2. The first-order valence-electron chi connectivity index (χ1n) is 15.5. The molecule has 2 aromatic carbocycles. The maximum atomic E-state index is 13.7. The van der Waals surface area contributed by atoms with Crippen LogP contribution < -0.4 is 21.3 Å². The van der Waals surface area contributed by atoms with Gasteiger partial charge in [-0.3, -0.25) is 4.79 Å². The standard InChI is InChI=1S/C34H44N6O4S2/c1-24(2)31(39-33(42)40(3)19-29-21-45-23-36-29)32(41)37-27(16-25-10-6-4-7-11-25)14-15-28(17-26-12-8-5-9-13-26)38-34(43)44-20-30-18-35-22-46-30/h4-13,18,21,23-24,27-28,31,35H,14-17,19-20,22H2,1-3H3,(H,37,41)(H,38,43)(H,39,42)/t27-,28-,31+/m1/s1. The van der Waals surface area contributed by atoms with E-state index in [2.05, 4.69) is 26.3 Å². The number of carbonyl (C=O) groups excluding carboxylic acids is 3. The number of hydrogen-bond acceptors (Lipinski definition) is 8. The van der Waals surface area contributed by atoms with Gasteiger partial charge in [-0.05, 0) is 42.7 Å². The molecular formula is C34H44N6O4S2. The molecule has 46 heavy (non-hydrogen) atoms. The van der Waals surface area contributed by atoms with E-state index in [1.54, 1.807) is 24.3 Å². The lowest BCUT2D eigenvalue weighted by Gasteiger charge is -2.28. The molecule has 0 saturated carbocycles. The zero-order valence-electron chi connectivity index (χ0n) is 26.6. The van der Waals surface area contributed by atoms with Crippen molar-refractivity contribution in [3.05, 3.63) is 99.5 Å². The minimum Gasteiger partial charge on any atom is -0.444 e. The Morgan fingerprint density at radius 1 is 0.935 bits per heavy atom. The van der Waals surface area contributed by atoms with Crippen molar-refractivity contribution in [1.82, 2.24) is 31.2 Å². The summed E-state index contributed by atoms with van der Waals surface area (Å²) < 4.78 is 5.51. The van der Waals surface area contributed by atoms with Gasteiger partial charge in [-0.1, -0.05) is 74.5 Å². The van der Waals surface area contributed by atoms with Gasteiger partial charge in [0.1, 0.15) is 12.6 Å². The molecule has 1 aliphatic rings. The molecule has 0 saturated heterocycles. The Morgan fingerprint density at radius 2 is 1.57 bits per heavy atom. The van der Waals surface area contributed by atoms with Gasteiger partial charge in [-0.15, -0.1) is 23.1 Å². The molecule has 12 heteroatoms. The van der Waals surface area contributed by atoms with Gasteiger partial charge in [0.05, 0.1) is 23.6 Å². The number of carbonyl (C=O) groups is 3. The number of urea groups is 1. The summed E-state index contributed by atoms with van der Waals surface area (Å²) in [4.78, 5) is 46.3. The van der Waals surface area contributed by atoms with Crippen LogP contribution in [0.15, 0.2) is 82.7 Å². The fourth-order valence-corrected chi connectivity index (χ4v) is 6.32. The highest BCUT2D eigenvalue weighted by Crippen LogP contribution is 2.19. The first-order chi connectivity index (χ1) is 22.3. The van der Waals surface area contributed by atoms with Gasteiger partial charge in [0, 0.05) is 35.6 Å². The Hall–Kier alpha value is -4.03. The second-order valence-corrected chi connectivity index (χ2v) is 13.5. The first-order valence-corrected chi connectivity index (χ1v) is 17.4. The third-order valence-electron chi connectivity index (χ3n) is 7.59. The van der Waals surface area contributed by atoms with Crippen LogP contribution >= 0.6 is 23.1 Å². The van der Waals surface area contributed by atoms with E-state index in [-0.39, 0.29) is 36.5 Å². The molecule has 4 amide bonds. The number of ether oxygens (including phenoxy) is 1. The molecule has 4 rings (SSSR count). The fourth-order valence-electron chi connectivity index (χ4n) is 5.11. The van der Waals surface area contributed by atoms with Crippen LogP contribution in [0.5, 0.6) is 0 Å². The van der Waals surface area contributed by atoms with Gasteiger partial charge < -0.3 is 30.9 Å². The van der Waals surface area contributed by atoms with Crippen molar-refractivity contribution >= 4 is 41.1 Å². The van der Waals surface area contributed by atoms with E-state index in [9.17, 15) is 14.4 Å². The van der Waals surface area contributed by atoms with Crippen molar-refractivity contribution in [3.8, 4) is 0 Å². The SMILES string of the molecule is CC(C)[C@H](NC(=O)N(C)Cc1cscn1)C(=O)N[C@H](CC[C@H](Cc1ccccc1)NC(=O)OCC1=CNCS1)Cc1ccccc1. The van der Waals surface area contributed by atoms with Crippen LogP contribution in [0.1, 0.15) is 43.5 Å². The highest BCUT2D eigenvalue weighted by atomic mass is 32.2. The molecule has 0 spiro atoms. The molecule has 4 N–H and O–H groups in total. The summed E-state index contributed by atoms with van der Waals surface area (Å²) in [6.07, 6.45) is 3.83. The smallest absolute Gasteiger partial charge is 0.407 e. The van der Waals surface area contributed by atoms with Crippen LogP contribution in [0, 0.1) is 5.92 Å². The molecule has 0 unspecified atom stereocenters. The summed E-state index contributed by atoms with van der Waals surface area (Å²) in [5.74, 6) is 0.393. The lowest BCUT2D eigenvalue weighted by atomic mass is 9.95. The number of rotatable bonds is 16. The number of hydrogen-bond donors (Lipinski definition) is 4. The van der Waals surface area contributed by atoms with Crippen LogP contribution in [-0.2, 0) is 28.9 Å². The Morgan fingerprint density at radius 3 is 2.11 bits per heavy atom. The van der Waals surface area contributed by atoms with E-state index >= 15 is 0 Å². The molecule has 0 radical (unpaired) electrons. The average molecular weight is 665 g/mol. The van der Waals surface area contributed by atoms with Crippen molar-refractivity contribution in [1.29, 1.82) is 0 Å². The lowest BCUT2D eigenvalue weighted by molar-refractivity contribution is -0.124. The average Bonchev–Trinajstić information content (AvgIpc) is 3.77. The molecular weight excluding hydrogens is 621 g/mol. The topological polar surface area (TPSA) is 125 Å². The molecule has 0 bridgehead atoms. The molecule has 3 aromatic rings. The second-order valence-electron chi connectivity index (χ2n) is 11.7. The van der Waals surface area contributed by atoms with Crippen LogP contribution in [-0.4, -0.2) is 65.6 Å². The largest absolute Gasteiger partial charge is 0.444 e. The number of benzene rings is 2. The third-order valence-corrected chi connectivity index (χ3v) is 9.14. The van der Waals surface area contributed by atoms with Crippen LogP contribution in [0.25, 0.3) is 0 Å². The second kappa shape index (κ2) is 18.2. The zero-order chi connectivity index (χ0) is 32.7. The molecule has 0 fully saturated rings. The summed E-state index contributed by atoms with van der Waals surface area (Å²) in [6, 6.07) is 18.5. The number of alkyl carbamates (subject to hydrolysis) is 1. The summed E-state index contributed by atoms with van der Waals surface area (Å²) in [7, 11) is 1.69. The number of aromatic nitrogens is 1. The van der Waals surface area contributed by atoms with Crippen LogP contribution in [0.3, 0.4) is 0 Å². The van der Waals surface area contributed by atoms with E-state index in [0.717, 1.165) is 27.6 Å². The van der Waals surface area contributed by atoms with Crippen molar-refractivity contribution in [2.45, 2.75) is 64.2 Å². The number of amides is 4. The van der Waals surface area contributed by atoms with E-state index in [1.165, 1.54) is 16.2 Å². The highest BCUT2D eigenvalue weighted by molar-refractivity contribution is 8.03. The van der Waals surface area contributed by atoms with Crippen LogP contribution in [0.4, 0.5) is 9.59 Å². The van der Waals surface area contributed by atoms with Crippen molar-refractivity contribution in [2.75, 3.05) is 19.5 Å². The van der Waals surface area contributed by atoms with E-state index in [0.29, 0.717) is 32.2 Å². The van der Waals surface area contributed by atoms with Gasteiger partial charge in [-0.25, -0.2) is 14.6 Å². The Kier molecular flexibility index (Phi) is 13.8. The van der Waals surface area contributed by atoms with Crippen molar-refractivity contribution < 1.29 is 19.1 Å². The fraction of sp³-hybridized carbons (Fsp3) is 0.412. The van der Waals surface area contributed by atoms with E-state index < -0.39 is 12.1 Å². The summed E-state index contributed by atoms with van der Waals surface area (Å²) in [5.41, 5.74) is 4.71. The van der Waals surface area contributed by atoms with Crippen molar-refractivity contribution in [2.24, 2.45) is 5.92 Å². The molecule has 3 atom stereocenters. The molecule has 10 nitrogen and oxygen atoms in total. The highest BCUT2D eigenvalue weighted by Gasteiger charge is 2.28. The summed E-state index contributed by atoms with van der Waals surface area (Å²) in [6.45, 7) is 4.40.